The molecule has 67 heavy (non-hydrogen) atoms. The van der Waals surface area contributed by atoms with Gasteiger partial charge in [0.25, 0.3) is 0 Å². The van der Waals surface area contributed by atoms with Crippen LogP contribution in [0.4, 0.5) is 0 Å². The highest BCUT2D eigenvalue weighted by atomic mass is 16.6. The van der Waals surface area contributed by atoms with E-state index < -0.39 is 0 Å². The lowest BCUT2D eigenvalue weighted by atomic mass is 9.91. The molecule has 1 aliphatic carbocycles. The van der Waals surface area contributed by atoms with E-state index in [2.05, 4.69) is 72.8 Å². The summed E-state index contributed by atoms with van der Waals surface area (Å²) in [7, 11) is 0. The number of fused-ring (bicyclic) bond motifs is 12. The zero-order valence-corrected chi connectivity index (χ0v) is 38.5. The van der Waals surface area contributed by atoms with Gasteiger partial charge in [0.2, 0.25) is 0 Å². The van der Waals surface area contributed by atoms with E-state index in [0.29, 0.717) is 169 Å². The molecule has 13 nitrogen and oxygen atoms in total. The Balaban J connectivity index is 1.18. The molecule has 3 aliphatic heterocycles. The summed E-state index contributed by atoms with van der Waals surface area (Å²) in [5.74, 6) is 4.56. The Hall–Kier alpha value is -5.38. The van der Waals surface area contributed by atoms with Gasteiger partial charge in [-0.2, -0.15) is 0 Å². The molecule has 0 fully saturated rings. The van der Waals surface area contributed by atoms with Crippen LogP contribution in [0.3, 0.4) is 0 Å². The van der Waals surface area contributed by atoms with E-state index in [1.54, 1.807) is 0 Å². The summed E-state index contributed by atoms with van der Waals surface area (Å²) in [5, 5.41) is 0. The molecular formula is C54H64O13. The molecule has 0 spiro atoms. The lowest BCUT2D eigenvalue weighted by molar-refractivity contribution is -0.0142. The third kappa shape index (κ3) is 14.6. The average Bonchev–Trinajstić information content (AvgIpc) is 3.33. The Morgan fingerprint density at radius 3 is 0.612 bits per heavy atom. The summed E-state index contributed by atoms with van der Waals surface area (Å²) in [6, 6.07) is 33.2. The van der Waals surface area contributed by atoms with Gasteiger partial charge < -0.3 is 61.6 Å². The molecule has 0 N–H and O–H groups in total. The SMILES string of the molecule is c1cc2c3c(c1)Cc1cccc4c1OCCOCCOc1ccccc1OCCOCCOc1c(cccc1Cc1cccc(c1OCCOCCOCCOCCOCCOCCO3)C4)C2. The van der Waals surface area contributed by atoms with Crippen molar-refractivity contribution in [1.29, 1.82) is 0 Å². The molecule has 4 aliphatic rings. The van der Waals surface area contributed by atoms with E-state index >= 15 is 0 Å². The van der Waals surface area contributed by atoms with E-state index in [1.807, 2.05) is 24.3 Å². The molecule has 0 radical (unpaired) electrons. The zero-order chi connectivity index (χ0) is 45.6. The van der Waals surface area contributed by atoms with Gasteiger partial charge in [-0.1, -0.05) is 84.9 Å². The highest BCUT2D eigenvalue weighted by molar-refractivity contribution is 5.56. The minimum atomic E-state index is 0.336. The maximum Gasteiger partial charge on any atom is 0.161 e. The van der Waals surface area contributed by atoms with Crippen LogP contribution in [0.1, 0.15) is 44.5 Å². The molecule has 5 aromatic rings. The highest BCUT2D eigenvalue weighted by Crippen LogP contribution is 2.39. The number of ether oxygens (including phenoxy) is 13. The lowest BCUT2D eigenvalue weighted by Crippen LogP contribution is -2.16. The molecular weight excluding hydrogens is 857 g/mol. The van der Waals surface area contributed by atoms with Gasteiger partial charge in [0.05, 0.1) is 92.5 Å². The molecule has 3 heterocycles. The van der Waals surface area contributed by atoms with Gasteiger partial charge in [-0.05, 0) is 56.6 Å². The van der Waals surface area contributed by atoms with Gasteiger partial charge in [0, 0.05) is 25.7 Å². The monoisotopic (exact) mass is 920 g/mol. The second-order valence-corrected chi connectivity index (χ2v) is 16.2. The number of rotatable bonds is 0. The molecule has 13 heteroatoms. The average molecular weight is 921 g/mol. The van der Waals surface area contributed by atoms with Crippen LogP contribution in [0.2, 0.25) is 0 Å². The van der Waals surface area contributed by atoms with Crippen LogP contribution < -0.4 is 28.4 Å². The number of para-hydroxylation sites is 6. The van der Waals surface area contributed by atoms with E-state index in [0.717, 1.165) is 67.5 Å². The number of benzene rings is 5. The Bertz CT molecular complexity index is 2020. The normalized spacial score (nSPS) is 18.2. The summed E-state index contributed by atoms with van der Waals surface area (Å²) < 4.78 is 80.5. The van der Waals surface area contributed by atoms with Gasteiger partial charge >= 0.3 is 0 Å². The largest absolute Gasteiger partial charge is 0.491 e. The molecule has 12 bridgehead atoms. The van der Waals surface area contributed by atoms with Crippen LogP contribution in [-0.2, 0) is 58.8 Å². The van der Waals surface area contributed by atoms with Crippen molar-refractivity contribution in [3.8, 4) is 34.5 Å². The van der Waals surface area contributed by atoms with Crippen LogP contribution in [0.25, 0.3) is 0 Å². The minimum absolute atomic E-state index is 0.336. The predicted molar refractivity (Wildman–Crippen MR) is 252 cm³/mol. The van der Waals surface area contributed by atoms with Crippen molar-refractivity contribution in [2.75, 3.05) is 132 Å². The van der Waals surface area contributed by atoms with E-state index in [-0.39, 0.29) is 0 Å². The van der Waals surface area contributed by atoms with Gasteiger partial charge in [-0.25, -0.2) is 0 Å². The van der Waals surface area contributed by atoms with Gasteiger partial charge in [0.1, 0.15) is 62.6 Å². The van der Waals surface area contributed by atoms with Crippen LogP contribution in [0, 0.1) is 0 Å². The first-order chi connectivity index (χ1) is 33.3. The van der Waals surface area contributed by atoms with Crippen LogP contribution in [0.15, 0.2) is 97.1 Å². The van der Waals surface area contributed by atoms with Crippen molar-refractivity contribution < 1.29 is 61.6 Å². The molecule has 0 unspecified atom stereocenters. The Kier molecular flexibility index (Phi) is 19.3. The fourth-order valence-electron chi connectivity index (χ4n) is 8.33. The van der Waals surface area contributed by atoms with Crippen molar-refractivity contribution in [3.05, 3.63) is 142 Å². The van der Waals surface area contributed by atoms with Crippen molar-refractivity contribution in [2.24, 2.45) is 0 Å². The first kappa shape index (κ1) is 48.1. The minimum Gasteiger partial charge on any atom is -0.491 e. The Morgan fingerprint density at radius 2 is 0.388 bits per heavy atom. The Morgan fingerprint density at radius 1 is 0.194 bits per heavy atom. The third-order valence-electron chi connectivity index (χ3n) is 11.4. The molecule has 0 aromatic heterocycles. The van der Waals surface area contributed by atoms with E-state index in [1.165, 1.54) is 0 Å². The maximum absolute atomic E-state index is 6.78. The molecule has 5 aromatic carbocycles. The van der Waals surface area contributed by atoms with Crippen molar-refractivity contribution in [2.45, 2.75) is 25.7 Å². The first-order valence-corrected chi connectivity index (χ1v) is 23.6. The zero-order valence-electron chi connectivity index (χ0n) is 38.5. The second kappa shape index (κ2) is 26.8. The fourth-order valence-corrected chi connectivity index (χ4v) is 8.33. The van der Waals surface area contributed by atoms with Crippen molar-refractivity contribution in [3.63, 3.8) is 0 Å². The van der Waals surface area contributed by atoms with Gasteiger partial charge in [-0.3, -0.25) is 0 Å². The third-order valence-corrected chi connectivity index (χ3v) is 11.4. The topological polar surface area (TPSA) is 120 Å². The molecule has 0 amide bonds. The fraction of sp³-hybridized carbons (Fsp3) is 0.444. The van der Waals surface area contributed by atoms with Crippen LogP contribution in [0.5, 0.6) is 34.5 Å². The van der Waals surface area contributed by atoms with Crippen LogP contribution in [-0.4, -0.2) is 132 Å². The number of hydrogen-bond donors (Lipinski definition) is 0. The molecule has 0 saturated heterocycles. The summed E-state index contributed by atoms with van der Waals surface area (Å²) in [5.41, 5.74) is 8.26. The van der Waals surface area contributed by atoms with E-state index in [9.17, 15) is 0 Å². The smallest absolute Gasteiger partial charge is 0.161 e. The summed E-state index contributed by atoms with van der Waals surface area (Å²) in [6.07, 6.45) is 2.24. The molecule has 0 atom stereocenters. The van der Waals surface area contributed by atoms with Crippen molar-refractivity contribution >= 4 is 0 Å². The summed E-state index contributed by atoms with van der Waals surface area (Å²) in [6.45, 7) is 8.09. The number of hydrogen-bond acceptors (Lipinski definition) is 13. The molecule has 358 valence electrons. The van der Waals surface area contributed by atoms with E-state index in [4.69, 9.17) is 61.6 Å². The Labute approximate surface area is 394 Å². The quantitative estimate of drug-likeness (QED) is 0.140. The molecule has 9 rings (SSSR count). The lowest BCUT2D eigenvalue weighted by Gasteiger charge is -2.23. The van der Waals surface area contributed by atoms with Crippen LogP contribution >= 0.6 is 0 Å². The molecule has 0 saturated carbocycles. The standard InChI is InChI=1S/C54H64O13/c1-2-16-50-49(15-1)62-31-25-60-29-35-66-53-45-11-5-12-46(53)38-42-8-4-10-44-40-48-14-6-13-47(54(48)67-36-30-61-26-32-63-50)39-43-9-3-7-41(37-45)51(43)64-33-27-58-23-21-56-19-17-55-18-20-57-22-24-59-28-34-65-52(42)44/h1-16H,17-40H2. The predicted octanol–water partition coefficient (Wildman–Crippen LogP) is 7.48. The van der Waals surface area contributed by atoms with Gasteiger partial charge in [-0.15, -0.1) is 0 Å². The van der Waals surface area contributed by atoms with Crippen molar-refractivity contribution in [1.82, 2.24) is 0 Å². The maximum atomic E-state index is 6.78. The second-order valence-electron chi connectivity index (χ2n) is 16.2. The highest BCUT2D eigenvalue weighted by Gasteiger charge is 2.22. The first-order valence-electron chi connectivity index (χ1n) is 23.6. The van der Waals surface area contributed by atoms with Gasteiger partial charge in [0.15, 0.2) is 11.5 Å². The summed E-state index contributed by atoms with van der Waals surface area (Å²) in [4.78, 5) is 0. The summed E-state index contributed by atoms with van der Waals surface area (Å²) >= 11 is 0.